The van der Waals surface area contributed by atoms with E-state index in [2.05, 4.69) is 4.98 Å². The molecule has 0 unspecified atom stereocenters. The molecule has 2 aromatic heterocycles. The number of benzene rings is 1. The predicted molar refractivity (Wildman–Crippen MR) is 123 cm³/mol. The molecule has 9 heteroatoms. The predicted octanol–water partition coefficient (Wildman–Crippen LogP) is 2.91. The van der Waals surface area contributed by atoms with Crippen LogP contribution in [0.5, 0.6) is 0 Å². The molecular formula is C23H26N4O4S. The molecule has 1 aromatic carbocycles. The fourth-order valence-electron chi connectivity index (χ4n) is 4.00. The molecule has 0 N–H and O–H groups in total. The molecule has 0 radical (unpaired) electrons. The number of hydrogen-bond donors (Lipinski definition) is 0. The first-order chi connectivity index (χ1) is 15.5. The zero-order valence-electron chi connectivity index (χ0n) is 18.2. The Morgan fingerprint density at radius 2 is 1.78 bits per heavy atom. The monoisotopic (exact) mass is 454 g/mol. The molecule has 4 rings (SSSR count). The van der Waals surface area contributed by atoms with Crippen molar-refractivity contribution in [1.29, 1.82) is 0 Å². The molecule has 1 saturated carbocycles. The molecule has 3 aromatic rings. The van der Waals surface area contributed by atoms with Gasteiger partial charge in [0.2, 0.25) is 0 Å². The maximum atomic E-state index is 12.9. The molecule has 1 aliphatic rings. The van der Waals surface area contributed by atoms with Crippen molar-refractivity contribution in [2.75, 3.05) is 5.75 Å². The molecule has 0 amide bonds. The summed E-state index contributed by atoms with van der Waals surface area (Å²) in [6, 6.07) is 9.45. The van der Waals surface area contributed by atoms with Gasteiger partial charge in [-0.3, -0.25) is 18.7 Å². The lowest BCUT2D eigenvalue weighted by Crippen LogP contribution is -2.38. The molecule has 0 bridgehead atoms. The van der Waals surface area contributed by atoms with Crippen LogP contribution in [0, 0.1) is 0 Å². The summed E-state index contributed by atoms with van der Waals surface area (Å²) in [7, 11) is 3.03. The van der Waals surface area contributed by atoms with Crippen molar-refractivity contribution < 1.29 is 9.53 Å². The Bertz CT molecular complexity index is 1250. The van der Waals surface area contributed by atoms with Crippen LogP contribution in [0.15, 0.2) is 44.9 Å². The van der Waals surface area contributed by atoms with E-state index in [1.807, 2.05) is 30.3 Å². The van der Waals surface area contributed by atoms with Crippen molar-refractivity contribution >= 4 is 28.8 Å². The van der Waals surface area contributed by atoms with Crippen molar-refractivity contribution in [2.24, 2.45) is 14.1 Å². The van der Waals surface area contributed by atoms with E-state index in [4.69, 9.17) is 9.72 Å². The van der Waals surface area contributed by atoms with Gasteiger partial charge in [-0.25, -0.2) is 14.8 Å². The fraction of sp³-hybridized carbons (Fsp3) is 0.435. The minimum absolute atomic E-state index is 0.00898. The van der Waals surface area contributed by atoms with E-state index in [9.17, 15) is 14.4 Å². The second-order valence-electron chi connectivity index (χ2n) is 8.06. The lowest BCUT2D eigenvalue weighted by molar-refractivity contribution is -0.141. The number of aryl methyl sites for hydroxylation is 1. The van der Waals surface area contributed by atoms with E-state index in [-0.39, 0.29) is 23.7 Å². The average molecular weight is 455 g/mol. The van der Waals surface area contributed by atoms with Gasteiger partial charge in [-0.2, -0.15) is 0 Å². The van der Waals surface area contributed by atoms with Gasteiger partial charge in [-0.05, 0) is 18.4 Å². The number of carbonyl (C=O) groups excluding carboxylic acids is 1. The van der Waals surface area contributed by atoms with Crippen LogP contribution in [0.1, 0.15) is 49.4 Å². The first-order valence-corrected chi connectivity index (χ1v) is 11.7. The number of fused-ring (bicyclic) bond motifs is 1. The highest BCUT2D eigenvalue weighted by molar-refractivity contribution is 8.00. The maximum Gasteiger partial charge on any atom is 0.332 e. The molecule has 0 saturated heterocycles. The van der Waals surface area contributed by atoms with Crippen LogP contribution < -0.4 is 11.2 Å². The number of thioether (sulfide) groups is 1. The molecular weight excluding hydrogens is 428 g/mol. The lowest BCUT2D eigenvalue weighted by Gasteiger charge is -2.21. The van der Waals surface area contributed by atoms with Gasteiger partial charge in [0.25, 0.3) is 5.56 Å². The van der Waals surface area contributed by atoms with Crippen LogP contribution in [-0.4, -0.2) is 30.8 Å². The number of carbonyl (C=O) groups is 1. The number of rotatable bonds is 6. The standard InChI is InChI=1S/C23H26N4O4S/c1-26-20-18(22(29)27(2)23(26)30)21(25-19(24-20)16-11-7-4-8-12-16)32-14-17(28)31-13-15-9-5-3-6-10-15/h3,5-6,9-10,16H,4,7-8,11-14H2,1-2H3. The van der Waals surface area contributed by atoms with Gasteiger partial charge >= 0.3 is 11.7 Å². The number of esters is 1. The second kappa shape index (κ2) is 9.68. The Morgan fingerprint density at radius 3 is 2.50 bits per heavy atom. The zero-order valence-corrected chi connectivity index (χ0v) is 19.1. The first kappa shape index (κ1) is 22.3. The summed E-state index contributed by atoms with van der Waals surface area (Å²) in [5, 5.41) is 0.679. The average Bonchev–Trinajstić information content (AvgIpc) is 2.84. The minimum atomic E-state index is -0.460. The zero-order chi connectivity index (χ0) is 22.7. The molecule has 168 valence electrons. The summed E-state index contributed by atoms with van der Waals surface area (Å²) in [5.74, 6) is 0.443. The highest BCUT2D eigenvalue weighted by Crippen LogP contribution is 2.33. The van der Waals surface area contributed by atoms with Crippen molar-refractivity contribution in [3.8, 4) is 0 Å². The topological polar surface area (TPSA) is 96.1 Å². The largest absolute Gasteiger partial charge is 0.460 e. The molecule has 32 heavy (non-hydrogen) atoms. The summed E-state index contributed by atoms with van der Waals surface area (Å²) in [6.07, 6.45) is 5.37. The van der Waals surface area contributed by atoms with Crippen LogP contribution in [0.3, 0.4) is 0 Å². The van der Waals surface area contributed by atoms with E-state index in [1.54, 1.807) is 7.05 Å². The van der Waals surface area contributed by atoms with Gasteiger partial charge in [-0.1, -0.05) is 61.4 Å². The Kier molecular flexibility index (Phi) is 6.74. The number of ether oxygens (including phenoxy) is 1. The van der Waals surface area contributed by atoms with E-state index in [0.717, 1.165) is 47.6 Å². The summed E-state index contributed by atoms with van der Waals surface area (Å²) < 4.78 is 7.79. The quantitative estimate of drug-likeness (QED) is 0.321. The van der Waals surface area contributed by atoms with Gasteiger partial charge in [0, 0.05) is 20.0 Å². The van der Waals surface area contributed by atoms with E-state index >= 15 is 0 Å². The lowest BCUT2D eigenvalue weighted by atomic mass is 9.89. The third-order valence-electron chi connectivity index (χ3n) is 5.82. The van der Waals surface area contributed by atoms with Crippen LogP contribution in [0.2, 0.25) is 0 Å². The fourth-order valence-corrected chi connectivity index (χ4v) is 4.82. The second-order valence-corrected chi connectivity index (χ2v) is 9.03. The smallest absolute Gasteiger partial charge is 0.332 e. The summed E-state index contributed by atoms with van der Waals surface area (Å²) >= 11 is 1.15. The van der Waals surface area contributed by atoms with Gasteiger partial charge in [0.05, 0.1) is 5.75 Å². The third kappa shape index (κ3) is 4.62. The van der Waals surface area contributed by atoms with Gasteiger partial charge < -0.3 is 4.74 Å². The number of hydrogen-bond acceptors (Lipinski definition) is 7. The minimum Gasteiger partial charge on any atom is -0.460 e. The first-order valence-electron chi connectivity index (χ1n) is 10.8. The normalized spacial score (nSPS) is 14.6. The summed E-state index contributed by atoms with van der Waals surface area (Å²) in [5.41, 5.74) is 0.322. The van der Waals surface area contributed by atoms with E-state index in [1.165, 1.54) is 18.0 Å². The summed E-state index contributed by atoms with van der Waals surface area (Å²) in [6.45, 7) is 0.189. The van der Waals surface area contributed by atoms with Crippen molar-refractivity contribution in [1.82, 2.24) is 19.1 Å². The third-order valence-corrected chi connectivity index (χ3v) is 6.77. The van der Waals surface area contributed by atoms with Crippen LogP contribution in [-0.2, 0) is 30.2 Å². The highest BCUT2D eigenvalue weighted by atomic mass is 32.2. The Morgan fingerprint density at radius 1 is 1.06 bits per heavy atom. The molecule has 0 atom stereocenters. The van der Waals surface area contributed by atoms with Gasteiger partial charge in [-0.15, -0.1) is 0 Å². The highest BCUT2D eigenvalue weighted by Gasteiger charge is 2.23. The molecule has 8 nitrogen and oxygen atoms in total. The maximum absolute atomic E-state index is 12.9. The number of nitrogens with zero attached hydrogens (tertiary/aromatic N) is 4. The molecule has 1 fully saturated rings. The van der Waals surface area contributed by atoms with Gasteiger partial charge in [0.15, 0.2) is 5.65 Å². The SMILES string of the molecule is Cn1c(=O)c2c(SCC(=O)OCc3ccccc3)nc(C3CCCCC3)nc2n(C)c1=O. The Balaban J connectivity index is 1.64. The Hall–Kier alpha value is -2.94. The van der Waals surface area contributed by atoms with Crippen molar-refractivity contribution in [3.05, 3.63) is 62.6 Å². The van der Waals surface area contributed by atoms with Crippen LogP contribution in [0.4, 0.5) is 0 Å². The van der Waals surface area contributed by atoms with Crippen molar-refractivity contribution in [2.45, 2.75) is 49.7 Å². The van der Waals surface area contributed by atoms with Crippen LogP contribution >= 0.6 is 11.8 Å². The Labute approximate surface area is 189 Å². The van der Waals surface area contributed by atoms with E-state index in [0.29, 0.717) is 16.5 Å². The van der Waals surface area contributed by atoms with E-state index < -0.39 is 17.2 Å². The molecule has 1 aliphatic carbocycles. The number of aromatic nitrogens is 4. The van der Waals surface area contributed by atoms with Gasteiger partial charge in [0.1, 0.15) is 22.8 Å². The molecule has 2 heterocycles. The molecule has 0 spiro atoms. The molecule has 0 aliphatic heterocycles. The van der Waals surface area contributed by atoms with Crippen molar-refractivity contribution in [3.63, 3.8) is 0 Å². The summed E-state index contributed by atoms with van der Waals surface area (Å²) in [4.78, 5) is 47.1. The van der Waals surface area contributed by atoms with Crippen LogP contribution in [0.25, 0.3) is 11.0 Å².